The van der Waals surface area contributed by atoms with Crippen molar-refractivity contribution in [1.29, 1.82) is 0 Å². The Morgan fingerprint density at radius 1 is 1.11 bits per heavy atom. The minimum absolute atomic E-state index is 0.0167. The van der Waals surface area contributed by atoms with Gasteiger partial charge in [-0.25, -0.2) is 8.42 Å². The van der Waals surface area contributed by atoms with E-state index in [0.29, 0.717) is 5.02 Å². The number of amides is 1. The third-order valence-electron chi connectivity index (χ3n) is 4.27. The average molecular weight is 409 g/mol. The van der Waals surface area contributed by atoms with E-state index in [0.717, 1.165) is 17.5 Å². The molecule has 0 aliphatic rings. The minimum Gasteiger partial charge on any atom is -0.353 e. The number of halogens is 1. The average Bonchev–Trinajstić information content (AvgIpc) is 2.63. The summed E-state index contributed by atoms with van der Waals surface area (Å²) in [5.41, 5.74) is 1.90. The van der Waals surface area contributed by atoms with Crippen LogP contribution in [0.3, 0.4) is 0 Å². The van der Waals surface area contributed by atoms with Crippen LogP contribution in [0.4, 0.5) is 0 Å². The minimum atomic E-state index is -3.85. The molecule has 7 heteroatoms. The van der Waals surface area contributed by atoms with Crippen LogP contribution < -0.4 is 5.32 Å². The van der Waals surface area contributed by atoms with Crippen molar-refractivity contribution >= 4 is 27.5 Å². The maximum atomic E-state index is 13.1. The molecule has 1 amide bonds. The predicted molar refractivity (Wildman–Crippen MR) is 108 cm³/mol. The third kappa shape index (κ3) is 6.06. The largest absolute Gasteiger partial charge is 0.353 e. The molecule has 1 unspecified atom stereocenters. The molecular formula is C20H25ClN2O3S. The van der Waals surface area contributed by atoms with Crippen molar-refractivity contribution < 1.29 is 13.2 Å². The molecule has 27 heavy (non-hydrogen) atoms. The Morgan fingerprint density at radius 2 is 1.70 bits per heavy atom. The lowest BCUT2D eigenvalue weighted by Gasteiger charge is -2.23. The summed E-state index contributed by atoms with van der Waals surface area (Å²) in [6.07, 6.45) is 0.771. The van der Waals surface area contributed by atoms with Gasteiger partial charge in [-0.15, -0.1) is 0 Å². The number of hydrogen-bond acceptors (Lipinski definition) is 3. The van der Waals surface area contributed by atoms with Gasteiger partial charge in [0.05, 0.1) is 11.4 Å². The van der Waals surface area contributed by atoms with Crippen LogP contribution in [0.1, 0.15) is 31.4 Å². The van der Waals surface area contributed by atoms with Crippen molar-refractivity contribution in [3.63, 3.8) is 0 Å². The molecule has 0 radical (unpaired) electrons. The summed E-state index contributed by atoms with van der Waals surface area (Å²) >= 11 is 5.87. The van der Waals surface area contributed by atoms with Crippen LogP contribution in [0.2, 0.25) is 5.02 Å². The van der Waals surface area contributed by atoms with Crippen molar-refractivity contribution in [2.24, 2.45) is 0 Å². The second kappa shape index (κ2) is 9.35. The first-order chi connectivity index (χ1) is 12.7. The molecule has 0 aromatic heterocycles. The number of nitrogens with one attached hydrogen (secondary N) is 1. The van der Waals surface area contributed by atoms with Gasteiger partial charge in [0.25, 0.3) is 0 Å². The normalized spacial score (nSPS) is 12.8. The van der Waals surface area contributed by atoms with Gasteiger partial charge in [-0.1, -0.05) is 48.4 Å². The van der Waals surface area contributed by atoms with E-state index >= 15 is 0 Å². The third-order valence-corrected chi connectivity index (χ3v) is 6.33. The Kier molecular flexibility index (Phi) is 7.41. The number of benzene rings is 2. The molecule has 1 atom stereocenters. The van der Waals surface area contributed by atoms with Gasteiger partial charge in [-0.05, 0) is 50.1 Å². The highest BCUT2D eigenvalue weighted by molar-refractivity contribution is 7.89. The van der Waals surface area contributed by atoms with E-state index in [4.69, 9.17) is 11.6 Å². The summed E-state index contributed by atoms with van der Waals surface area (Å²) in [5.74, 6) is -0.325. The van der Waals surface area contributed by atoms with Crippen molar-refractivity contribution in [2.75, 3.05) is 6.54 Å². The van der Waals surface area contributed by atoms with Gasteiger partial charge < -0.3 is 5.32 Å². The van der Waals surface area contributed by atoms with Gasteiger partial charge in [0, 0.05) is 17.6 Å². The molecule has 2 aromatic carbocycles. The number of carbonyl (C=O) groups excluding carboxylic acids is 1. The summed E-state index contributed by atoms with van der Waals surface area (Å²) in [4.78, 5) is 12.5. The lowest BCUT2D eigenvalue weighted by molar-refractivity contribution is -0.122. The number of sulfonamides is 1. The standard InChI is InChI=1S/C20H25ClN2O3S/c1-4-16(3)22-20(24)14-23(13-17-7-5-15(2)6-8-17)27(25,26)19-11-9-18(21)10-12-19/h5-12,16H,4,13-14H2,1-3H3,(H,22,24). The highest BCUT2D eigenvalue weighted by Gasteiger charge is 2.27. The van der Waals surface area contributed by atoms with E-state index < -0.39 is 10.0 Å². The van der Waals surface area contributed by atoms with Crippen LogP contribution in [0.25, 0.3) is 0 Å². The van der Waals surface area contributed by atoms with Crippen LogP contribution in [-0.4, -0.2) is 31.2 Å². The van der Waals surface area contributed by atoms with E-state index in [1.54, 1.807) is 0 Å². The topological polar surface area (TPSA) is 66.5 Å². The van der Waals surface area contributed by atoms with E-state index in [1.165, 1.54) is 28.6 Å². The summed E-state index contributed by atoms with van der Waals surface area (Å²) in [7, 11) is -3.85. The molecule has 0 saturated carbocycles. The lowest BCUT2D eigenvalue weighted by atomic mass is 10.1. The number of aryl methyl sites for hydroxylation is 1. The molecule has 0 aliphatic heterocycles. The molecular weight excluding hydrogens is 384 g/mol. The molecule has 146 valence electrons. The van der Waals surface area contributed by atoms with E-state index in [9.17, 15) is 13.2 Å². The molecule has 0 fully saturated rings. The summed E-state index contributed by atoms with van der Waals surface area (Å²) in [6.45, 7) is 5.67. The number of rotatable bonds is 8. The van der Waals surface area contributed by atoms with E-state index in [-0.39, 0.29) is 29.9 Å². The van der Waals surface area contributed by atoms with Gasteiger partial charge in [0.2, 0.25) is 15.9 Å². The van der Waals surface area contributed by atoms with Gasteiger partial charge >= 0.3 is 0 Å². The van der Waals surface area contributed by atoms with Crippen LogP contribution in [0.5, 0.6) is 0 Å². The Morgan fingerprint density at radius 3 is 2.26 bits per heavy atom. The molecule has 2 rings (SSSR count). The Labute approximate surface area is 166 Å². The Hall–Kier alpha value is -1.89. The highest BCUT2D eigenvalue weighted by Crippen LogP contribution is 2.20. The fourth-order valence-electron chi connectivity index (χ4n) is 2.46. The van der Waals surface area contributed by atoms with Crippen LogP contribution in [-0.2, 0) is 21.4 Å². The second-order valence-corrected chi connectivity index (χ2v) is 8.96. The molecule has 0 saturated heterocycles. The first-order valence-electron chi connectivity index (χ1n) is 8.83. The SMILES string of the molecule is CCC(C)NC(=O)CN(Cc1ccc(C)cc1)S(=O)(=O)c1ccc(Cl)cc1. The zero-order valence-corrected chi connectivity index (χ0v) is 17.3. The van der Waals surface area contributed by atoms with E-state index in [1.807, 2.05) is 45.0 Å². The fourth-order valence-corrected chi connectivity index (χ4v) is 3.97. The van der Waals surface area contributed by atoms with Gasteiger partial charge in [-0.2, -0.15) is 4.31 Å². The monoisotopic (exact) mass is 408 g/mol. The van der Waals surface area contributed by atoms with Gasteiger partial charge in [-0.3, -0.25) is 4.79 Å². The summed E-state index contributed by atoms with van der Waals surface area (Å²) in [6, 6.07) is 13.5. The summed E-state index contributed by atoms with van der Waals surface area (Å²) < 4.78 is 27.4. The Balaban J connectivity index is 2.31. The molecule has 1 N–H and O–H groups in total. The van der Waals surface area contributed by atoms with Crippen LogP contribution in [0.15, 0.2) is 53.4 Å². The molecule has 0 spiro atoms. The molecule has 0 aliphatic carbocycles. The second-order valence-electron chi connectivity index (χ2n) is 6.59. The maximum absolute atomic E-state index is 13.1. The molecule has 5 nitrogen and oxygen atoms in total. The molecule has 2 aromatic rings. The number of nitrogens with zero attached hydrogens (tertiary/aromatic N) is 1. The van der Waals surface area contributed by atoms with Crippen molar-refractivity contribution in [1.82, 2.24) is 9.62 Å². The van der Waals surface area contributed by atoms with Crippen LogP contribution >= 0.6 is 11.6 Å². The van der Waals surface area contributed by atoms with Gasteiger partial charge in [0.1, 0.15) is 0 Å². The molecule has 0 bridgehead atoms. The maximum Gasteiger partial charge on any atom is 0.243 e. The lowest BCUT2D eigenvalue weighted by Crippen LogP contribution is -2.43. The van der Waals surface area contributed by atoms with E-state index in [2.05, 4.69) is 5.32 Å². The number of carbonyl (C=O) groups is 1. The van der Waals surface area contributed by atoms with Crippen molar-refractivity contribution in [2.45, 2.75) is 44.7 Å². The van der Waals surface area contributed by atoms with Crippen molar-refractivity contribution in [3.05, 3.63) is 64.7 Å². The quantitative estimate of drug-likeness (QED) is 0.723. The smallest absolute Gasteiger partial charge is 0.243 e. The molecule has 0 heterocycles. The number of hydrogen-bond donors (Lipinski definition) is 1. The summed E-state index contributed by atoms with van der Waals surface area (Å²) in [5, 5.41) is 3.27. The highest BCUT2D eigenvalue weighted by atomic mass is 35.5. The van der Waals surface area contributed by atoms with Crippen LogP contribution in [0, 0.1) is 6.92 Å². The van der Waals surface area contributed by atoms with Gasteiger partial charge in [0.15, 0.2) is 0 Å². The zero-order chi connectivity index (χ0) is 20.0. The first kappa shape index (κ1) is 21.4. The fraction of sp³-hybridized carbons (Fsp3) is 0.350. The Bertz CT molecular complexity index is 865. The predicted octanol–water partition coefficient (Wildman–Crippen LogP) is 3.75. The van der Waals surface area contributed by atoms with Crippen molar-refractivity contribution in [3.8, 4) is 0 Å². The zero-order valence-electron chi connectivity index (χ0n) is 15.8. The first-order valence-corrected chi connectivity index (χ1v) is 10.6.